The Labute approximate surface area is 108 Å². The number of nitrogen functional groups attached to an aromatic ring is 1. The van der Waals surface area contributed by atoms with Crippen LogP contribution in [0.2, 0.25) is 0 Å². The number of anilines is 2. The van der Waals surface area contributed by atoms with E-state index in [1.807, 2.05) is 29.2 Å². The molecular weight excluding hydrogens is 228 g/mol. The predicted octanol–water partition coefficient (Wildman–Crippen LogP) is 1.07. The van der Waals surface area contributed by atoms with Gasteiger partial charge in [0.2, 0.25) is 0 Å². The molecule has 0 aliphatic carbocycles. The van der Waals surface area contributed by atoms with Crippen LogP contribution in [0.15, 0.2) is 24.3 Å². The van der Waals surface area contributed by atoms with Crippen molar-refractivity contribution in [2.45, 2.75) is 0 Å². The molecule has 5 heteroatoms. The van der Waals surface area contributed by atoms with Gasteiger partial charge in [-0.1, -0.05) is 0 Å². The molecule has 2 N–H and O–H groups in total. The Hall–Kier alpha value is -1.91. The third kappa shape index (κ3) is 2.67. The zero-order chi connectivity index (χ0) is 13.1. The maximum Gasteiger partial charge on any atom is 0.319 e. The van der Waals surface area contributed by atoms with Crippen LogP contribution in [0.1, 0.15) is 0 Å². The van der Waals surface area contributed by atoms with Gasteiger partial charge in [-0.25, -0.2) is 4.79 Å². The minimum atomic E-state index is 0.0898. The first-order valence-corrected chi connectivity index (χ1v) is 6.14. The number of amides is 2. The van der Waals surface area contributed by atoms with Gasteiger partial charge in [-0.15, -0.1) is 0 Å². The molecule has 1 saturated heterocycles. The fourth-order valence-electron chi connectivity index (χ4n) is 2.12. The molecule has 2 rings (SSSR count). The van der Waals surface area contributed by atoms with Gasteiger partial charge in [0.15, 0.2) is 0 Å². The summed E-state index contributed by atoms with van der Waals surface area (Å²) in [5, 5.41) is 0. The van der Waals surface area contributed by atoms with Gasteiger partial charge < -0.3 is 20.4 Å². The molecule has 0 radical (unpaired) electrons. The highest BCUT2D eigenvalue weighted by Gasteiger charge is 2.22. The number of nitrogens with two attached hydrogens (primary N) is 1. The Balaban J connectivity index is 1.94. The molecule has 0 spiro atoms. The van der Waals surface area contributed by atoms with E-state index in [4.69, 9.17) is 5.73 Å². The number of urea groups is 1. The van der Waals surface area contributed by atoms with Gasteiger partial charge in [0, 0.05) is 51.6 Å². The summed E-state index contributed by atoms with van der Waals surface area (Å²) in [6.07, 6.45) is 0. The molecule has 18 heavy (non-hydrogen) atoms. The molecule has 1 aliphatic heterocycles. The lowest BCUT2D eigenvalue weighted by Crippen LogP contribution is -2.51. The topological polar surface area (TPSA) is 52.8 Å². The highest BCUT2D eigenvalue weighted by Crippen LogP contribution is 2.18. The number of benzene rings is 1. The second-order valence-corrected chi connectivity index (χ2v) is 4.74. The smallest absolute Gasteiger partial charge is 0.319 e. The monoisotopic (exact) mass is 248 g/mol. The average Bonchev–Trinajstić information content (AvgIpc) is 2.39. The van der Waals surface area contributed by atoms with Crippen molar-refractivity contribution in [3.63, 3.8) is 0 Å². The van der Waals surface area contributed by atoms with E-state index < -0.39 is 0 Å². The number of nitrogens with zero attached hydrogens (tertiary/aromatic N) is 3. The summed E-state index contributed by atoms with van der Waals surface area (Å²) < 4.78 is 0. The van der Waals surface area contributed by atoms with Gasteiger partial charge in [-0.2, -0.15) is 0 Å². The standard InChI is InChI=1S/C13H20N4O/c1-15(2)13(18)17-9-7-16(8-10-17)12-5-3-11(14)4-6-12/h3-6H,7-10,14H2,1-2H3. The Morgan fingerprint density at radius 1 is 1.11 bits per heavy atom. The molecule has 2 amide bonds. The van der Waals surface area contributed by atoms with Crippen LogP contribution >= 0.6 is 0 Å². The van der Waals surface area contributed by atoms with Crippen molar-refractivity contribution in [3.8, 4) is 0 Å². The van der Waals surface area contributed by atoms with Gasteiger partial charge in [0.25, 0.3) is 0 Å². The first kappa shape index (κ1) is 12.5. The van der Waals surface area contributed by atoms with Gasteiger partial charge in [-0.3, -0.25) is 0 Å². The Bertz CT molecular complexity index is 408. The van der Waals surface area contributed by atoms with E-state index in [9.17, 15) is 4.79 Å². The van der Waals surface area contributed by atoms with Gasteiger partial charge >= 0.3 is 6.03 Å². The molecule has 0 unspecified atom stereocenters. The molecule has 1 aromatic rings. The van der Waals surface area contributed by atoms with Crippen molar-refractivity contribution < 1.29 is 4.79 Å². The Morgan fingerprint density at radius 2 is 1.67 bits per heavy atom. The minimum absolute atomic E-state index is 0.0898. The van der Waals surface area contributed by atoms with Crippen molar-refractivity contribution in [3.05, 3.63) is 24.3 Å². The maximum atomic E-state index is 11.8. The first-order valence-electron chi connectivity index (χ1n) is 6.14. The molecule has 0 bridgehead atoms. The number of carbonyl (C=O) groups excluding carboxylic acids is 1. The third-order valence-electron chi connectivity index (χ3n) is 3.19. The van der Waals surface area contributed by atoms with E-state index in [1.165, 1.54) is 5.69 Å². The fourth-order valence-corrected chi connectivity index (χ4v) is 2.12. The fraction of sp³-hybridized carbons (Fsp3) is 0.462. The van der Waals surface area contributed by atoms with Crippen molar-refractivity contribution in [1.82, 2.24) is 9.80 Å². The van der Waals surface area contributed by atoms with Crippen LogP contribution in [0.3, 0.4) is 0 Å². The van der Waals surface area contributed by atoms with Gasteiger partial charge in [0.05, 0.1) is 0 Å². The van der Waals surface area contributed by atoms with Crippen LogP contribution in [0.5, 0.6) is 0 Å². The normalized spacial score (nSPS) is 15.7. The summed E-state index contributed by atoms with van der Waals surface area (Å²) >= 11 is 0. The van der Waals surface area contributed by atoms with Crippen LogP contribution in [-0.2, 0) is 0 Å². The lowest BCUT2D eigenvalue weighted by Gasteiger charge is -2.37. The number of hydrogen-bond donors (Lipinski definition) is 1. The highest BCUT2D eigenvalue weighted by molar-refractivity contribution is 5.74. The molecule has 1 aliphatic rings. The van der Waals surface area contributed by atoms with E-state index in [1.54, 1.807) is 19.0 Å². The van der Waals surface area contributed by atoms with Crippen LogP contribution in [-0.4, -0.2) is 56.1 Å². The second-order valence-electron chi connectivity index (χ2n) is 4.74. The van der Waals surface area contributed by atoms with Gasteiger partial charge in [-0.05, 0) is 24.3 Å². The number of carbonyl (C=O) groups is 1. The van der Waals surface area contributed by atoms with E-state index >= 15 is 0 Å². The zero-order valence-electron chi connectivity index (χ0n) is 11.0. The van der Waals surface area contributed by atoms with Crippen LogP contribution in [0.4, 0.5) is 16.2 Å². The molecule has 0 saturated carbocycles. The largest absolute Gasteiger partial charge is 0.399 e. The van der Waals surface area contributed by atoms with Crippen LogP contribution < -0.4 is 10.6 Å². The molecule has 1 heterocycles. The highest BCUT2D eigenvalue weighted by atomic mass is 16.2. The molecule has 1 aromatic carbocycles. The third-order valence-corrected chi connectivity index (χ3v) is 3.19. The van der Waals surface area contributed by atoms with E-state index in [2.05, 4.69) is 4.90 Å². The summed E-state index contributed by atoms with van der Waals surface area (Å²) in [4.78, 5) is 17.6. The summed E-state index contributed by atoms with van der Waals surface area (Å²) in [5.41, 5.74) is 7.62. The van der Waals surface area contributed by atoms with Crippen LogP contribution in [0, 0.1) is 0 Å². The average molecular weight is 248 g/mol. The van der Waals surface area contributed by atoms with E-state index in [0.717, 1.165) is 31.9 Å². The predicted molar refractivity (Wildman–Crippen MR) is 73.7 cm³/mol. The second kappa shape index (κ2) is 5.16. The summed E-state index contributed by atoms with van der Waals surface area (Å²) in [5.74, 6) is 0. The number of hydrogen-bond acceptors (Lipinski definition) is 3. The summed E-state index contributed by atoms with van der Waals surface area (Å²) in [7, 11) is 3.57. The number of rotatable bonds is 1. The molecule has 98 valence electrons. The lowest BCUT2D eigenvalue weighted by atomic mass is 10.2. The molecule has 0 atom stereocenters. The summed E-state index contributed by atoms with van der Waals surface area (Å²) in [6, 6.07) is 7.96. The minimum Gasteiger partial charge on any atom is -0.399 e. The SMILES string of the molecule is CN(C)C(=O)N1CCN(c2ccc(N)cc2)CC1. The number of piperazine rings is 1. The van der Waals surface area contributed by atoms with E-state index in [0.29, 0.717) is 0 Å². The lowest BCUT2D eigenvalue weighted by molar-refractivity contribution is 0.168. The molecule has 1 fully saturated rings. The van der Waals surface area contributed by atoms with Crippen molar-refractivity contribution in [2.24, 2.45) is 0 Å². The van der Waals surface area contributed by atoms with Crippen LogP contribution in [0.25, 0.3) is 0 Å². The Morgan fingerprint density at radius 3 is 2.17 bits per heavy atom. The van der Waals surface area contributed by atoms with E-state index in [-0.39, 0.29) is 6.03 Å². The van der Waals surface area contributed by atoms with Crippen molar-refractivity contribution in [1.29, 1.82) is 0 Å². The molecular formula is C13H20N4O. The summed E-state index contributed by atoms with van der Waals surface area (Å²) in [6.45, 7) is 3.26. The van der Waals surface area contributed by atoms with Crippen molar-refractivity contribution >= 4 is 17.4 Å². The molecule has 0 aromatic heterocycles. The quantitative estimate of drug-likeness (QED) is 0.756. The van der Waals surface area contributed by atoms with Gasteiger partial charge in [0.1, 0.15) is 0 Å². The zero-order valence-corrected chi connectivity index (χ0v) is 11.0. The molecule has 5 nitrogen and oxygen atoms in total. The maximum absolute atomic E-state index is 11.8. The van der Waals surface area contributed by atoms with Crippen molar-refractivity contribution in [2.75, 3.05) is 50.9 Å². The first-order chi connectivity index (χ1) is 8.58. The Kier molecular flexibility index (Phi) is 3.60.